The number of aromatic nitrogens is 2. The molecule has 6 nitrogen and oxygen atoms in total. The third-order valence-corrected chi connectivity index (χ3v) is 4.72. The molecule has 0 saturated heterocycles. The van der Waals surface area contributed by atoms with Crippen LogP contribution in [-0.4, -0.2) is 34.3 Å². The number of alkyl halides is 1. The summed E-state index contributed by atoms with van der Waals surface area (Å²) in [7, 11) is 1.61. The number of carbonyl (C=O) groups is 1. The Hall–Kier alpha value is -3.09. The van der Waals surface area contributed by atoms with Gasteiger partial charge in [0.1, 0.15) is 11.4 Å². The maximum absolute atomic E-state index is 14.3. The molecule has 3 rings (SSSR count). The average molecular weight is 370 g/mol. The van der Waals surface area contributed by atoms with Crippen LogP contribution in [0.1, 0.15) is 31.1 Å². The summed E-state index contributed by atoms with van der Waals surface area (Å²) in [4.78, 5) is 11.9. The summed E-state index contributed by atoms with van der Waals surface area (Å²) in [6, 6.07) is 8.95. The molecular weight excluding hydrogens is 347 g/mol. The van der Waals surface area contributed by atoms with E-state index in [2.05, 4.69) is 10.4 Å². The summed E-state index contributed by atoms with van der Waals surface area (Å²) < 4.78 is 21.2. The van der Waals surface area contributed by atoms with Crippen molar-refractivity contribution in [2.45, 2.75) is 32.5 Å². The molecule has 0 aliphatic rings. The van der Waals surface area contributed by atoms with Crippen LogP contribution in [0, 0.1) is 0 Å². The second kappa shape index (κ2) is 6.90. The van der Waals surface area contributed by atoms with Gasteiger partial charge >= 0.3 is 0 Å². The van der Waals surface area contributed by atoms with Crippen molar-refractivity contribution in [3.63, 3.8) is 0 Å². The van der Waals surface area contributed by atoms with Gasteiger partial charge in [-0.25, -0.2) is 8.91 Å². The van der Waals surface area contributed by atoms with Gasteiger partial charge in [-0.1, -0.05) is 12.1 Å². The predicted octanol–water partition coefficient (Wildman–Crippen LogP) is 3.66. The lowest BCUT2D eigenvalue weighted by Crippen LogP contribution is -2.36. The highest BCUT2D eigenvalue weighted by molar-refractivity contribution is 6.02. The van der Waals surface area contributed by atoms with Crippen molar-refractivity contribution >= 4 is 17.1 Å². The number of carbonyl (C=O) groups excluding carboxylic acids is 1. The van der Waals surface area contributed by atoms with Crippen LogP contribution in [-0.2, 0) is 0 Å². The van der Waals surface area contributed by atoms with Gasteiger partial charge in [0, 0.05) is 11.8 Å². The number of benzene rings is 1. The van der Waals surface area contributed by atoms with Crippen molar-refractivity contribution in [1.29, 1.82) is 0 Å². The molecule has 7 heteroatoms. The van der Waals surface area contributed by atoms with Crippen molar-refractivity contribution < 1.29 is 13.9 Å². The Morgan fingerprint density at radius 2 is 1.96 bits per heavy atom. The number of primary amides is 1. The first kappa shape index (κ1) is 18.7. The van der Waals surface area contributed by atoms with E-state index in [0.717, 1.165) is 16.9 Å². The average Bonchev–Trinajstić information content (AvgIpc) is 3.05. The van der Waals surface area contributed by atoms with Crippen LogP contribution in [0.4, 0.5) is 10.1 Å². The lowest BCUT2D eigenvalue weighted by atomic mass is 10.0. The molecule has 0 aliphatic carbocycles. The molecule has 1 amide bonds. The fourth-order valence-electron chi connectivity index (χ4n) is 2.72. The normalized spacial score (nSPS) is 12.8. The number of nitrogens with one attached hydrogen (secondary N) is 1. The smallest absolute Gasteiger partial charge is 0.252 e. The number of hydrogen-bond acceptors (Lipinski definition) is 4. The molecule has 142 valence electrons. The van der Waals surface area contributed by atoms with Crippen molar-refractivity contribution in [2.75, 3.05) is 12.4 Å². The number of amides is 1. The molecule has 0 saturated carbocycles. The van der Waals surface area contributed by atoms with E-state index in [1.165, 1.54) is 20.0 Å². The van der Waals surface area contributed by atoms with Crippen LogP contribution in [0.2, 0.25) is 0 Å². The monoisotopic (exact) mass is 370 g/mol. The fraction of sp³-hybridized carbons (Fsp3) is 0.300. The summed E-state index contributed by atoms with van der Waals surface area (Å²) >= 11 is 0. The Kier molecular flexibility index (Phi) is 4.78. The number of nitrogens with zero attached hydrogens (tertiary/aromatic N) is 2. The van der Waals surface area contributed by atoms with Gasteiger partial charge in [-0.15, -0.1) is 0 Å². The van der Waals surface area contributed by atoms with Crippen LogP contribution < -0.4 is 15.8 Å². The zero-order valence-corrected chi connectivity index (χ0v) is 15.8. The van der Waals surface area contributed by atoms with Crippen molar-refractivity contribution in [3.05, 3.63) is 48.3 Å². The van der Waals surface area contributed by atoms with Crippen LogP contribution >= 0.6 is 0 Å². The zero-order chi connectivity index (χ0) is 19.8. The zero-order valence-electron chi connectivity index (χ0n) is 15.8. The predicted molar refractivity (Wildman–Crippen MR) is 104 cm³/mol. The molecule has 0 unspecified atom stereocenters. The Morgan fingerprint density at radius 3 is 2.52 bits per heavy atom. The minimum absolute atomic E-state index is 0.220. The number of halogens is 1. The highest BCUT2D eigenvalue weighted by Crippen LogP contribution is 2.31. The maximum atomic E-state index is 14.3. The van der Waals surface area contributed by atoms with Crippen molar-refractivity contribution in [3.8, 4) is 16.9 Å². The molecule has 3 N–H and O–H groups in total. The molecule has 1 atom stereocenters. The third kappa shape index (κ3) is 3.72. The van der Waals surface area contributed by atoms with E-state index in [4.69, 9.17) is 10.5 Å². The van der Waals surface area contributed by atoms with E-state index in [9.17, 15) is 9.18 Å². The molecule has 0 fully saturated rings. The number of rotatable bonds is 6. The molecule has 27 heavy (non-hydrogen) atoms. The third-order valence-electron chi connectivity index (χ3n) is 4.72. The number of methoxy groups -OCH3 is 1. The lowest BCUT2D eigenvalue weighted by molar-refractivity contribution is 0.1000. The minimum Gasteiger partial charge on any atom is -0.497 e. The van der Waals surface area contributed by atoms with Gasteiger partial charge in [-0.05, 0) is 44.5 Å². The molecule has 2 heterocycles. The Balaban J connectivity index is 2.11. The molecule has 3 aromatic rings. The summed E-state index contributed by atoms with van der Waals surface area (Å²) in [5, 5.41) is 7.37. The van der Waals surface area contributed by atoms with Crippen molar-refractivity contribution in [2.24, 2.45) is 5.73 Å². The first-order valence-corrected chi connectivity index (χ1v) is 8.61. The highest BCUT2D eigenvalue weighted by atomic mass is 19.1. The summed E-state index contributed by atoms with van der Waals surface area (Å²) in [5.74, 6) is 0.140. The standard InChI is InChI=1S/C20H23FN4O2/c1-12(20(2,3)21)24-18-16(19(22)26)10-23-25-11-14(9-17(18)25)13-5-7-15(27-4)8-6-13/h5-12,24H,1-4H3,(H2,22,26)/t12-/m1/s1. The van der Waals surface area contributed by atoms with Crippen LogP contribution in [0.3, 0.4) is 0 Å². The first-order valence-electron chi connectivity index (χ1n) is 8.61. The van der Waals surface area contributed by atoms with Gasteiger partial charge in [0.2, 0.25) is 0 Å². The first-order chi connectivity index (χ1) is 12.7. The van der Waals surface area contributed by atoms with Gasteiger partial charge in [0.05, 0.1) is 36.1 Å². The number of fused-ring (bicyclic) bond motifs is 1. The molecule has 1 aromatic carbocycles. The number of nitrogens with two attached hydrogens (primary N) is 1. The SMILES string of the molecule is COc1ccc(-c2cc3c(N[C@H](C)C(C)(C)F)c(C(N)=O)cnn3c2)cc1. The molecule has 0 spiro atoms. The minimum atomic E-state index is -1.49. The Morgan fingerprint density at radius 1 is 1.30 bits per heavy atom. The Labute approximate surface area is 157 Å². The lowest BCUT2D eigenvalue weighted by Gasteiger charge is -2.26. The molecule has 0 bridgehead atoms. The maximum Gasteiger partial charge on any atom is 0.252 e. The van der Waals surface area contributed by atoms with E-state index in [-0.39, 0.29) is 5.56 Å². The molecular formula is C20H23FN4O2. The quantitative estimate of drug-likeness (QED) is 0.694. The molecule has 0 aliphatic heterocycles. The fourth-order valence-corrected chi connectivity index (χ4v) is 2.72. The van der Waals surface area contributed by atoms with E-state index in [1.807, 2.05) is 36.5 Å². The van der Waals surface area contributed by atoms with Crippen LogP contribution in [0.15, 0.2) is 42.7 Å². The van der Waals surface area contributed by atoms with Crippen LogP contribution in [0.5, 0.6) is 5.75 Å². The van der Waals surface area contributed by atoms with E-state index >= 15 is 0 Å². The summed E-state index contributed by atoms with van der Waals surface area (Å²) in [5.41, 5.74) is 7.22. The second-order valence-electron chi connectivity index (χ2n) is 7.02. The van der Waals surface area contributed by atoms with E-state index in [0.29, 0.717) is 11.2 Å². The number of anilines is 1. The molecule has 0 radical (unpaired) electrons. The molecule has 2 aromatic heterocycles. The van der Waals surface area contributed by atoms with Gasteiger partial charge in [0.25, 0.3) is 5.91 Å². The summed E-state index contributed by atoms with van der Waals surface area (Å²) in [6.45, 7) is 4.68. The van der Waals surface area contributed by atoms with E-state index < -0.39 is 17.6 Å². The van der Waals surface area contributed by atoms with Gasteiger partial charge in [-0.3, -0.25) is 4.79 Å². The highest BCUT2D eigenvalue weighted by Gasteiger charge is 2.27. The topological polar surface area (TPSA) is 81.6 Å². The number of hydrogen-bond donors (Lipinski definition) is 2. The van der Waals surface area contributed by atoms with Gasteiger partial charge in [0.15, 0.2) is 0 Å². The largest absolute Gasteiger partial charge is 0.497 e. The van der Waals surface area contributed by atoms with E-state index in [1.54, 1.807) is 18.5 Å². The summed E-state index contributed by atoms with van der Waals surface area (Å²) in [6.07, 6.45) is 3.24. The van der Waals surface area contributed by atoms with Gasteiger partial charge < -0.3 is 15.8 Å². The second-order valence-corrected chi connectivity index (χ2v) is 7.02. The van der Waals surface area contributed by atoms with Gasteiger partial charge in [-0.2, -0.15) is 5.10 Å². The van der Waals surface area contributed by atoms with Crippen molar-refractivity contribution in [1.82, 2.24) is 9.61 Å². The Bertz CT molecular complexity index is 974. The van der Waals surface area contributed by atoms with Crippen LogP contribution in [0.25, 0.3) is 16.6 Å². The number of ether oxygens (including phenoxy) is 1.